The highest BCUT2D eigenvalue weighted by Crippen LogP contribution is 2.30. The van der Waals surface area contributed by atoms with Gasteiger partial charge in [0.2, 0.25) is 5.95 Å². The highest BCUT2D eigenvalue weighted by molar-refractivity contribution is 6.33. The van der Waals surface area contributed by atoms with Gasteiger partial charge in [-0.3, -0.25) is 5.32 Å². The maximum atomic E-state index is 14.0. The number of morpholine rings is 1. The number of ether oxygens (including phenoxy) is 2. The lowest BCUT2D eigenvalue weighted by Gasteiger charge is -2.34. The fourth-order valence-corrected chi connectivity index (χ4v) is 2.35. The summed E-state index contributed by atoms with van der Waals surface area (Å²) in [5.41, 5.74) is -0.536. The van der Waals surface area contributed by atoms with E-state index in [0.717, 1.165) is 0 Å². The van der Waals surface area contributed by atoms with Gasteiger partial charge in [0.15, 0.2) is 0 Å². The zero-order chi connectivity index (χ0) is 17.2. The Labute approximate surface area is 139 Å². The molecule has 23 heavy (non-hydrogen) atoms. The van der Waals surface area contributed by atoms with E-state index >= 15 is 0 Å². The first-order valence-corrected chi connectivity index (χ1v) is 7.75. The average molecular weight is 346 g/mol. The van der Waals surface area contributed by atoms with Gasteiger partial charge >= 0.3 is 6.09 Å². The molecule has 0 spiro atoms. The summed E-state index contributed by atoms with van der Waals surface area (Å²) in [5, 5.41) is 2.22. The van der Waals surface area contributed by atoms with Gasteiger partial charge < -0.3 is 14.4 Å². The number of hydrogen-bond donors (Lipinski definition) is 1. The number of nitrogens with one attached hydrogen (secondary N) is 1. The summed E-state index contributed by atoms with van der Waals surface area (Å²) < 4.78 is 24.5. The van der Waals surface area contributed by atoms with Crippen molar-refractivity contribution < 1.29 is 18.7 Å². The molecule has 1 atom stereocenters. The number of hydrogen-bond acceptors (Lipinski definition) is 5. The minimum Gasteiger partial charge on any atom is -0.444 e. The number of aromatic nitrogens is 1. The van der Waals surface area contributed by atoms with E-state index in [9.17, 15) is 9.18 Å². The van der Waals surface area contributed by atoms with Crippen LogP contribution in [0, 0.1) is 5.95 Å². The fourth-order valence-electron chi connectivity index (χ4n) is 2.20. The lowest BCUT2D eigenvalue weighted by atomic mass is 10.2. The lowest BCUT2D eigenvalue weighted by Crippen LogP contribution is -2.44. The van der Waals surface area contributed by atoms with Crippen LogP contribution >= 0.6 is 11.6 Å². The predicted molar refractivity (Wildman–Crippen MR) is 86.7 cm³/mol. The molecule has 8 heteroatoms. The van der Waals surface area contributed by atoms with Gasteiger partial charge in [0.1, 0.15) is 16.4 Å². The van der Waals surface area contributed by atoms with Crippen LogP contribution in [0.4, 0.5) is 20.7 Å². The van der Waals surface area contributed by atoms with Gasteiger partial charge in [-0.25, -0.2) is 9.78 Å². The Morgan fingerprint density at radius 1 is 1.57 bits per heavy atom. The van der Waals surface area contributed by atoms with Crippen LogP contribution in [-0.2, 0) is 9.47 Å². The molecule has 0 aromatic carbocycles. The van der Waals surface area contributed by atoms with Gasteiger partial charge in [0, 0.05) is 12.6 Å². The van der Waals surface area contributed by atoms with Gasteiger partial charge in [-0.2, -0.15) is 4.39 Å². The number of halogens is 2. The second-order valence-corrected chi connectivity index (χ2v) is 6.75. The van der Waals surface area contributed by atoms with Crippen LogP contribution in [0.15, 0.2) is 6.07 Å². The van der Waals surface area contributed by atoms with E-state index in [-0.39, 0.29) is 16.8 Å². The van der Waals surface area contributed by atoms with Crippen molar-refractivity contribution in [1.82, 2.24) is 4.98 Å². The van der Waals surface area contributed by atoms with E-state index in [1.54, 1.807) is 20.8 Å². The molecule has 128 valence electrons. The van der Waals surface area contributed by atoms with Crippen molar-refractivity contribution in [3.63, 3.8) is 0 Å². The molecule has 2 rings (SSSR count). The van der Waals surface area contributed by atoms with Crippen molar-refractivity contribution >= 4 is 29.2 Å². The molecule has 1 saturated heterocycles. The SMILES string of the molecule is C[C@H]1COCCN1c1cc(NC(=O)OC(C)(C)C)c(Cl)c(F)n1. The molecule has 1 N–H and O–H groups in total. The number of carbonyl (C=O) groups excluding carboxylic acids is 1. The quantitative estimate of drug-likeness (QED) is 0.832. The smallest absolute Gasteiger partial charge is 0.412 e. The summed E-state index contributed by atoms with van der Waals surface area (Å²) >= 11 is 5.90. The van der Waals surface area contributed by atoms with Crippen LogP contribution in [0.1, 0.15) is 27.7 Å². The van der Waals surface area contributed by atoms with E-state index in [1.165, 1.54) is 6.07 Å². The fraction of sp³-hybridized carbons (Fsp3) is 0.600. The molecular formula is C15H21ClFN3O3. The normalized spacial score (nSPS) is 18.7. The van der Waals surface area contributed by atoms with Crippen molar-refractivity contribution in [2.45, 2.75) is 39.3 Å². The molecule has 0 radical (unpaired) electrons. The average Bonchev–Trinajstić information content (AvgIpc) is 2.42. The first-order chi connectivity index (χ1) is 10.7. The molecule has 2 heterocycles. The molecule has 1 amide bonds. The molecule has 1 aliphatic heterocycles. The van der Waals surface area contributed by atoms with Crippen LogP contribution < -0.4 is 10.2 Å². The summed E-state index contributed by atoms with van der Waals surface area (Å²) in [7, 11) is 0. The maximum absolute atomic E-state index is 14.0. The van der Waals surface area contributed by atoms with Crippen LogP contribution in [0.2, 0.25) is 5.02 Å². The van der Waals surface area contributed by atoms with Crippen LogP contribution in [0.5, 0.6) is 0 Å². The van der Waals surface area contributed by atoms with Crippen molar-refractivity contribution in [2.24, 2.45) is 0 Å². The van der Waals surface area contributed by atoms with Gasteiger partial charge in [-0.15, -0.1) is 0 Å². The second kappa shape index (κ2) is 6.88. The van der Waals surface area contributed by atoms with Crippen molar-refractivity contribution in [1.29, 1.82) is 0 Å². The summed E-state index contributed by atoms with van der Waals surface area (Å²) in [4.78, 5) is 17.6. The van der Waals surface area contributed by atoms with Gasteiger partial charge in [0.05, 0.1) is 24.9 Å². The minimum absolute atomic E-state index is 0.0474. The number of pyridine rings is 1. The number of carbonyl (C=O) groups is 1. The van der Waals surface area contributed by atoms with E-state index < -0.39 is 17.6 Å². The third-order valence-electron chi connectivity index (χ3n) is 3.20. The molecular weight excluding hydrogens is 325 g/mol. The van der Waals surface area contributed by atoms with Crippen molar-refractivity contribution in [3.05, 3.63) is 17.0 Å². The predicted octanol–water partition coefficient (Wildman–Crippen LogP) is 3.45. The van der Waals surface area contributed by atoms with E-state index in [0.29, 0.717) is 25.6 Å². The summed E-state index contributed by atoms with van der Waals surface area (Å²) in [6.07, 6.45) is -0.703. The largest absolute Gasteiger partial charge is 0.444 e. The molecule has 0 saturated carbocycles. The summed E-state index contributed by atoms with van der Waals surface area (Å²) in [6.45, 7) is 8.81. The molecule has 6 nitrogen and oxygen atoms in total. The van der Waals surface area contributed by atoms with Crippen molar-refractivity contribution in [2.75, 3.05) is 30.0 Å². The molecule has 1 aliphatic rings. The molecule has 0 bridgehead atoms. The Hall–Kier alpha value is -1.60. The standard InChI is InChI=1S/C15H21ClFN3O3/c1-9-8-22-6-5-20(9)11-7-10(12(16)13(17)19-11)18-14(21)23-15(2,3)4/h7,9H,5-6,8H2,1-4H3,(H,18,19,21)/t9-/m0/s1. The van der Waals surface area contributed by atoms with Gasteiger partial charge in [-0.05, 0) is 27.7 Å². The third-order valence-corrected chi connectivity index (χ3v) is 3.56. The first-order valence-electron chi connectivity index (χ1n) is 7.38. The molecule has 1 fully saturated rings. The van der Waals surface area contributed by atoms with Crippen molar-refractivity contribution in [3.8, 4) is 0 Å². The van der Waals surface area contributed by atoms with E-state index in [1.807, 2.05) is 11.8 Å². The van der Waals surface area contributed by atoms with Crippen LogP contribution in [-0.4, -0.2) is 42.5 Å². The Balaban J connectivity index is 2.24. The Morgan fingerprint density at radius 3 is 2.87 bits per heavy atom. The highest BCUT2D eigenvalue weighted by atomic mass is 35.5. The number of amides is 1. The topological polar surface area (TPSA) is 63.7 Å². The summed E-state index contributed by atoms with van der Waals surface area (Å²) in [5.74, 6) is -0.442. The third kappa shape index (κ3) is 4.68. The number of anilines is 2. The second-order valence-electron chi connectivity index (χ2n) is 6.38. The Kier molecular flexibility index (Phi) is 5.31. The van der Waals surface area contributed by atoms with Crippen LogP contribution in [0.3, 0.4) is 0 Å². The summed E-state index contributed by atoms with van der Waals surface area (Å²) in [6, 6.07) is 1.59. The number of rotatable bonds is 2. The number of nitrogens with zero attached hydrogens (tertiary/aromatic N) is 2. The lowest BCUT2D eigenvalue weighted by molar-refractivity contribution is 0.0636. The minimum atomic E-state index is -0.839. The Bertz CT molecular complexity index is 592. The van der Waals surface area contributed by atoms with Gasteiger partial charge in [0.25, 0.3) is 0 Å². The first kappa shape index (κ1) is 17.7. The molecule has 1 aromatic rings. The highest BCUT2D eigenvalue weighted by Gasteiger charge is 2.24. The molecule has 0 aliphatic carbocycles. The van der Waals surface area contributed by atoms with E-state index in [2.05, 4.69) is 10.3 Å². The van der Waals surface area contributed by atoms with Gasteiger partial charge in [-0.1, -0.05) is 11.6 Å². The van der Waals surface area contributed by atoms with E-state index in [4.69, 9.17) is 21.1 Å². The zero-order valence-corrected chi connectivity index (χ0v) is 14.4. The maximum Gasteiger partial charge on any atom is 0.412 e. The monoisotopic (exact) mass is 345 g/mol. The molecule has 0 unspecified atom stereocenters. The zero-order valence-electron chi connectivity index (χ0n) is 13.7. The molecule has 1 aromatic heterocycles. The Morgan fingerprint density at radius 2 is 2.26 bits per heavy atom. The van der Waals surface area contributed by atoms with Crippen LogP contribution in [0.25, 0.3) is 0 Å².